The molecule has 0 bridgehead atoms. The van der Waals surface area contributed by atoms with Gasteiger partial charge in [-0.15, -0.1) is 0 Å². The molecule has 0 radical (unpaired) electrons. The molecule has 0 spiro atoms. The molecule has 0 saturated carbocycles. The molecule has 1 unspecified atom stereocenters. The van der Waals surface area contributed by atoms with Gasteiger partial charge in [-0.1, -0.05) is 54.1 Å². The summed E-state index contributed by atoms with van der Waals surface area (Å²) in [6, 6.07) is 18.2. The third-order valence-electron chi connectivity index (χ3n) is 4.69. The van der Waals surface area contributed by atoms with Crippen LogP contribution in [0, 0.1) is 0 Å². The van der Waals surface area contributed by atoms with Crippen LogP contribution in [-0.4, -0.2) is 54.2 Å². The number of halogens is 1. The van der Waals surface area contributed by atoms with Gasteiger partial charge in [-0.2, -0.15) is 0 Å². The molecule has 128 valence electrons. The molecule has 1 aliphatic rings. The van der Waals surface area contributed by atoms with Gasteiger partial charge in [-0.3, -0.25) is 4.90 Å². The van der Waals surface area contributed by atoms with Crippen molar-refractivity contribution >= 4 is 11.6 Å². The number of piperazine rings is 1. The summed E-state index contributed by atoms with van der Waals surface area (Å²) in [6.07, 6.45) is 0.631. The molecule has 0 aromatic heterocycles. The lowest BCUT2D eigenvalue weighted by molar-refractivity contribution is 0.0730. The summed E-state index contributed by atoms with van der Waals surface area (Å²) in [5.41, 5.74) is 2.30. The maximum Gasteiger partial charge on any atom is 0.0917 e. The second kappa shape index (κ2) is 8.63. The lowest BCUT2D eigenvalue weighted by Crippen LogP contribution is -2.47. The van der Waals surface area contributed by atoms with Crippen LogP contribution in [0.2, 0.25) is 5.02 Å². The molecule has 3 rings (SSSR count). The number of aliphatic hydroxyl groups excluding tert-OH is 1. The van der Waals surface area contributed by atoms with Crippen LogP contribution in [0.5, 0.6) is 0 Å². The molecule has 4 heteroatoms. The molecular weight excluding hydrogens is 320 g/mol. The Morgan fingerprint density at radius 2 is 1.62 bits per heavy atom. The van der Waals surface area contributed by atoms with E-state index in [0.29, 0.717) is 11.6 Å². The zero-order chi connectivity index (χ0) is 16.8. The number of β-amino-alcohol motifs (C(OH)–C–C–N with tert-alkyl or cyclic N) is 1. The molecule has 1 fully saturated rings. The average Bonchev–Trinajstić information content (AvgIpc) is 2.62. The van der Waals surface area contributed by atoms with E-state index < -0.39 is 6.10 Å². The van der Waals surface area contributed by atoms with Gasteiger partial charge in [0.1, 0.15) is 0 Å². The molecule has 1 N–H and O–H groups in total. The van der Waals surface area contributed by atoms with Crippen LogP contribution in [0.3, 0.4) is 0 Å². The Bertz CT molecular complexity index is 627. The lowest BCUT2D eigenvalue weighted by atomic mass is 10.1. The molecule has 2 aromatic carbocycles. The smallest absolute Gasteiger partial charge is 0.0917 e. The van der Waals surface area contributed by atoms with E-state index in [1.54, 1.807) is 0 Å². The molecule has 24 heavy (non-hydrogen) atoms. The highest BCUT2D eigenvalue weighted by atomic mass is 35.5. The van der Waals surface area contributed by atoms with E-state index in [1.807, 2.05) is 24.3 Å². The van der Waals surface area contributed by atoms with Gasteiger partial charge in [0.05, 0.1) is 6.10 Å². The Labute approximate surface area is 149 Å². The van der Waals surface area contributed by atoms with Crippen molar-refractivity contribution in [2.75, 3.05) is 39.3 Å². The van der Waals surface area contributed by atoms with Crippen molar-refractivity contribution in [3.63, 3.8) is 0 Å². The van der Waals surface area contributed by atoms with E-state index in [4.69, 9.17) is 11.6 Å². The molecule has 3 nitrogen and oxygen atoms in total. The minimum Gasteiger partial charge on any atom is -0.387 e. The quantitative estimate of drug-likeness (QED) is 0.871. The minimum absolute atomic E-state index is 0.473. The van der Waals surface area contributed by atoms with Crippen molar-refractivity contribution in [2.24, 2.45) is 0 Å². The number of rotatable bonds is 6. The third kappa shape index (κ3) is 5.05. The van der Waals surface area contributed by atoms with Crippen molar-refractivity contribution < 1.29 is 5.11 Å². The molecular formula is C20H25ClN2O. The number of benzene rings is 2. The Balaban J connectivity index is 1.42. The van der Waals surface area contributed by atoms with Crippen LogP contribution >= 0.6 is 11.6 Å². The standard InChI is InChI=1S/C20H25ClN2O/c21-19-8-4-7-18(15-19)20(24)16-23-13-11-22(12-14-23)10-9-17-5-2-1-3-6-17/h1-8,15,20,24H,9-14,16H2. The summed E-state index contributed by atoms with van der Waals surface area (Å²) >= 11 is 6.00. The summed E-state index contributed by atoms with van der Waals surface area (Å²) in [5, 5.41) is 11.1. The van der Waals surface area contributed by atoms with Crippen LogP contribution in [0.25, 0.3) is 0 Å². The van der Waals surface area contributed by atoms with E-state index in [2.05, 4.69) is 40.1 Å². The van der Waals surface area contributed by atoms with Gasteiger partial charge < -0.3 is 10.0 Å². The minimum atomic E-state index is -0.473. The highest BCUT2D eigenvalue weighted by Crippen LogP contribution is 2.19. The second-order valence-electron chi connectivity index (χ2n) is 6.45. The fraction of sp³-hybridized carbons (Fsp3) is 0.400. The van der Waals surface area contributed by atoms with E-state index in [1.165, 1.54) is 5.56 Å². The molecule has 1 heterocycles. The van der Waals surface area contributed by atoms with Gasteiger partial charge in [-0.25, -0.2) is 0 Å². The fourth-order valence-electron chi connectivity index (χ4n) is 3.19. The zero-order valence-corrected chi connectivity index (χ0v) is 14.7. The Morgan fingerprint density at radius 3 is 2.33 bits per heavy atom. The highest BCUT2D eigenvalue weighted by Gasteiger charge is 2.19. The molecule has 1 aliphatic heterocycles. The number of hydrogen-bond donors (Lipinski definition) is 1. The van der Waals surface area contributed by atoms with Gasteiger partial charge in [0.25, 0.3) is 0 Å². The van der Waals surface area contributed by atoms with Crippen molar-refractivity contribution in [2.45, 2.75) is 12.5 Å². The van der Waals surface area contributed by atoms with E-state index in [9.17, 15) is 5.11 Å². The third-order valence-corrected chi connectivity index (χ3v) is 4.92. The largest absolute Gasteiger partial charge is 0.387 e. The van der Waals surface area contributed by atoms with Gasteiger partial charge in [0, 0.05) is 44.3 Å². The van der Waals surface area contributed by atoms with E-state index >= 15 is 0 Å². The molecule has 1 atom stereocenters. The van der Waals surface area contributed by atoms with Crippen molar-refractivity contribution in [1.82, 2.24) is 9.80 Å². The summed E-state index contributed by atoms with van der Waals surface area (Å²) in [7, 11) is 0. The highest BCUT2D eigenvalue weighted by molar-refractivity contribution is 6.30. The molecule has 0 aliphatic carbocycles. The summed E-state index contributed by atoms with van der Waals surface area (Å²) in [6.45, 7) is 5.92. The first kappa shape index (κ1) is 17.4. The lowest BCUT2D eigenvalue weighted by Gasteiger charge is -2.35. The monoisotopic (exact) mass is 344 g/mol. The Kier molecular flexibility index (Phi) is 6.27. The van der Waals surface area contributed by atoms with Gasteiger partial charge in [0.15, 0.2) is 0 Å². The van der Waals surface area contributed by atoms with Crippen molar-refractivity contribution in [3.05, 3.63) is 70.7 Å². The van der Waals surface area contributed by atoms with E-state index in [-0.39, 0.29) is 0 Å². The average molecular weight is 345 g/mol. The fourth-order valence-corrected chi connectivity index (χ4v) is 3.39. The number of hydrogen-bond acceptors (Lipinski definition) is 3. The predicted octanol–water partition coefficient (Wildman–Crippen LogP) is 3.23. The summed E-state index contributed by atoms with van der Waals surface area (Å²) < 4.78 is 0. The first-order valence-electron chi connectivity index (χ1n) is 8.63. The van der Waals surface area contributed by atoms with Crippen LogP contribution in [0.4, 0.5) is 0 Å². The SMILES string of the molecule is OC(CN1CCN(CCc2ccccc2)CC1)c1cccc(Cl)c1. The summed E-state index contributed by atoms with van der Waals surface area (Å²) in [5.74, 6) is 0. The molecule has 2 aromatic rings. The Hall–Kier alpha value is -1.39. The molecule has 0 amide bonds. The Morgan fingerprint density at radius 1 is 0.917 bits per heavy atom. The topological polar surface area (TPSA) is 26.7 Å². The maximum absolute atomic E-state index is 10.4. The molecule has 1 saturated heterocycles. The first-order chi connectivity index (χ1) is 11.7. The van der Waals surface area contributed by atoms with Gasteiger partial charge >= 0.3 is 0 Å². The summed E-state index contributed by atoms with van der Waals surface area (Å²) in [4.78, 5) is 4.85. The van der Waals surface area contributed by atoms with Crippen molar-refractivity contribution in [1.29, 1.82) is 0 Å². The number of aliphatic hydroxyl groups is 1. The predicted molar refractivity (Wildman–Crippen MR) is 99.4 cm³/mol. The van der Waals surface area contributed by atoms with Gasteiger partial charge in [-0.05, 0) is 29.7 Å². The zero-order valence-electron chi connectivity index (χ0n) is 13.9. The second-order valence-corrected chi connectivity index (χ2v) is 6.89. The van der Waals surface area contributed by atoms with Crippen molar-refractivity contribution in [3.8, 4) is 0 Å². The maximum atomic E-state index is 10.4. The van der Waals surface area contributed by atoms with E-state index in [0.717, 1.165) is 44.7 Å². The van der Waals surface area contributed by atoms with Crippen LogP contribution in [0.15, 0.2) is 54.6 Å². The number of nitrogens with zero attached hydrogens (tertiary/aromatic N) is 2. The van der Waals surface area contributed by atoms with Crippen LogP contribution in [0.1, 0.15) is 17.2 Å². The van der Waals surface area contributed by atoms with Crippen LogP contribution < -0.4 is 0 Å². The van der Waals surface area contributed by atoms with Crippen LogP contribution in [-0.2, 0) is 6.42 Å². The van der Waals surface area contributed by atoms with Gasteiger partial charge in [0.2, 0.25) is 0 Å². The normalized spacial score (nSPS) is 17.8. The first-order valence-corrected chi connectivity index (χ1v) is 9.01.